The molecule has 0 radical (unpaired) electrons. The fraction of sp³-hybridized carbons (Fsp3) is 0.517. The largest absolute Gasteiger partial charge is 0.487 e. The molecule has 2 saturated heterocycles. The number of ether oxygens (including phenoxy) is 3. The number of carbonyl (C=O) groups excluding carboxylic acids is 2. The second-order valence-corrected chi connectivity index (χ2v) is 11.7. The predicted octanol–water partition coefficient (Wildman–Crippen LogP) is 5.97. The van der Waals surface area contributed by atoms with Gasteiger partial charge < -0.3 is 29.3 Å². The van der Waals surface area contributed by atoms with E-state index in [0.29, 0.717) is 44.4 Å². The normalized spacial score (nSPS) is 18.9. The van der Waals surface area contributed by atoms with Gasteiger partial charge >= 0.3 is 12.1 Å². The number of urea groups is 1. The Morgan fingerprint density at radius 3 is 2.32 bits per heavy atom. The molecule has 3 heterocycles. The molecule has 1 spiro atoms. The predicted molar refractivity (Wildman–Crippen MR) is 147 cm³/mol. The Hall–Kier alpha value is -2.97. The monoisotopic (exact) mass is 541 g/mol. The number of nitrogens with one attached hydrogen (secondary N) is 1. The minimum Gasteiger partial charge on any atom is -0.487 e. The van der Waals surface area contributed by atoms with E-state index in [2.05, 4.69) is 11.4 Å². The number of likely N-dealkylation sites (tertiary alicyclic amines) is 1. The minimum atomic E-state index is -0.502. The Balaban J connectivity index is 1.23. The van der Waals surface area contributed by atoms with Crippen LogP contribution in [-0.2, 0) is 15.9 Å². The maximum absolute atomic E-state index is 12.5. The molecule has 2 fully saturated rings. The van der Waals surface area contributed by atoms with Crippen molar-refractivity contribution < 1.29 is 23.8 Å². The van der Waals surface area contributed by atoms with Gasteiger partial charge in [0, 0.05) is 50.3 Å². The molecule has 0 atom stereocenters. The molecule has 8 nitrogen and oxygen atoms in total. The van der Waals surface area contributed by atoms with Crippen molar-refractivity contribution in [3.05, 3.63) is 47.0 Å². The maximum atomic E-state index is 12.5. The second-order valence-electron chi connectivity index (χ2n) is 11.3. The molecule has 0 saturated carbocycles. The number of nitrogens with zero attached hydrogens (tertiary/aromatic N) is 2. The standard InChI is InChI=1S/C29H36ClN3O5/c1-28(2,3)38-27(35)33-12-10-29(11-13-33)9-8-21-18-23(24(30)19-25(21)37-29)20-4-6-22(7-5-20)31-26(34)32-14-16-36-17-15-32/h4-7,18-19H,8-17H2,1-3H3,(H,31,34). The first-order valence-electron chi connectivity index (χ1n) is 13.3. The smallest absolute Gasteiger partial charge is 0.410 e. The fourth-order valence-corrected chi connectivity index (χ4v) is 5.50. The van der Waals surface area contributed by atoms with Gasteiger partial charge in [0.1, 0.15) is 17.0 Å². The quantitative estimate of drug-likeness (QED) is 0.507. The molecule has 9 heteroatoms. The number of benzene rings is 2. The van der Waals surface area contributed by atoms with E-state index in [1.54, 1.807) is 9.80 Å². The lowest BCUT2D eigenvalue weighted by atomic mass is 9.82. The third kappa shape index (κ3) is 6.02. The molecule has 38 heavy (non-hydrogen) atoms. The van der Waals surface area contributed by atoms with Gasteiger partial charge in [-0.3, -0.25) is 0 Å². The first-order chi connectivity index (χ1) is 18.1. The Kier molecular flexibility index (Phi) is 7.47. The van der Waals surface area contributed by atoms with Crippen molar-refractivity contribution in [3.8, 4) is 16.9 Å². The van der Waals surface area contributed by atoms with Crippen LogP contribution < -0.4 is 10.1 Å². The van der Waals surface area contributed by atoms with E-state index < -0.39 is 5.60 Å². The van der Waals surface area contributed by atoms with Crippen LogP contribution in [0.3, 0.4) is 0 Å². The number of amides is 3. The number of aryl methyl sites for hydroxylation is 1. The van der Waals surface area contributed by atoms with E-state index in [-0.39, 0.29) is 17.7 Å². The van der Waals surface area contributed by atoms with Crippen molar-refractivity contribution in [1.82, 2.24) is 9.80 Å². The van der Waals surface area contributed by atoms with Crippen molar-refractivity contribution >= 4 is 29.4 Å². The lowest BCUT2D eigenvalue weighted by Gasteiger charge is -2.44. The van der Waals surface area contributed by atoms with E-state index >= 15 is 0 Å². The highest BCUT2D eigenvalue weighted by atomic mass is 35.5. The SMILES string of the molecule is CC(C)(C)OC(=O)N1CCC2(CCc3cc(-c4ccc(NC(=O)N5CCOCC5)cc4)c(Cl)cc3O2)CC1. The summed E-state index contributed by atoms with van der Waals surface area (Å²) in [4.78, 5) is 28.5. The molecule has 1 N–H and O–H groups in total. The van der Waals surface area contributed by atoms with Crippen LogP contribution in [0.1, 0.15) is 45.6 Å². The third-order valence-corrected chi connectivity index (χ3v) is 7.71. The van der Waals surface area contributed by atoms with Gasteiger partial charge in [-0.05, 0) is 69.0 Å². The van der Waals surface area contributed by atoms with E-state index in [1.807, 2.05) is 51.1 Å². The summed E-state index contributed by atoms with van der Waals surface area (Å²) in [6.07, 6.45) is 3.06. The molecule has 2 aromatic carbocycles. The number of morpholine rings is 1. The van der Waals surface area contributed by atoms with Crippen molar-refractivity contribution in [3.63, 3.8) is 0 Å². The molecule has 0 unspecified atom stereocenters. The van der Waals surface area contributed by atoms with Gasteiger partial charge in [-0.15, -0.1) is 0 Å². The average Bonchev–Trinajstić information content (AvgIpc) is 2.89. The number of rotatable bonds is 2. The van der Waals surface area contributed by atoms with E-state index in [0.717, 1.165) is 53.8 Å². The minimum absolute atomic E-state index is 0.115. The van der Waals surface area contributed by atoms with Gasteiger partial charge in [-0.25, -0.2) is 9.59 Å². The summed E-state index contributed by atoms with van der Waals surface area (Å²) in [5, 5.41) is 3.58. The van der Waals surface area contributed by atoms with Crippen LogP contribution in [0.25, 0.3) is 11.1 Å². The van der Waals surface area contributed by atoms with E-state index in [4.69, 9.17) is 25.8 Å². The van der Waals surface area contributed by atoms with Crippen molar-refractivity contribution in [2.45, 2.75) is 57.7 Å². The zero-order chi connectivity index (χ0) is 26.9. The molecule has 2 aromatic rings. The van der Waals surface area contributed by atoms with Crippen LogP contribution in [0.5, 0.6) is 5.75 Å². The molecule has 5 rings (SSSR count). The van der Waals surface area contributed by atoms with Gasteiger partial charge in [0.2, 0.25) is 0 Å². The Morgan fingerprint density at radius 1 is 0.974 bits per heavy atom. The van der Waals surface area contributed by atoms with Gasteiger partial charge in [0.25, 0.3) is 0 Å². The van der Waals surface area contributed by atoms with Crippen LogP contribution in [0.2, 0.25) is 5.02 Å². The van der Waals surface area contributed by atoms with Gasteiger partial charge in [-0.1, -0.05) is 23.7 Å². The van der Waals surface area contributed by atoms with Crippen molar-refractivity contribution in [2.75, 3.05) is 44.7 Å². The zero-order valence-electron chi connectivity index (χ0n) is 22.3. The number of carbonyl (C=O) groups is 2. The summed E-state index contributed by atoms with van der Waals surface area (Å²) in [7, 11) is 0. The lowest BCUT2D eigenvalue weighted by Crippen LogP contribution is -2.52. The number of anilines is 1. The summed E-state index contributed by atoms with van der Waals surface area (Å²) in [6.45, 7) is 9.21. The topological polar surface area (TPSA) is 80.3 Å². The maximum Gasteiger partial charge on any atom is 0.410 e. The Labute approximate surface area is 229 Å². The zero-order valence-corrected chi connectivity index (χ0v) is 23.1. The molecule has 3 aliphatic rings. The molecule has 0 aromatic heterocycles. The number of piperidine rings is 1. The average molecular weight is 542 g/mol. The van der Waals surface area contributed by atoms with Crippen LogP contribution >= 0.6 is 11.6 Å². The van der Waals surface area contributed by atoms with Crippen LogP contribution in [0, 0.1) is 0 Å². The molecule has 0 bridgehead atoms. The Bertz CT molecular complexity index is 1180. The number of halogens is 1. The van der Waals surface area contributed by atoms with E-state index in [1.165, 1.54) is 0 Å². The third-order valence-electron chi connectivity index (χ3n) is 7.40. The molecule has 3 aliphatic heterocycles. The van der Waals surface area contributed by atoms with Gasteiger partial charge in [0.15, 0.2) is 0 Å². The molecular formula is C29H36ClN3O5. The van der Waals surface area contributed by atoms with Crippen LogP contribution in [-0.4, -0.2) is 72.5 Å². The second kappa shape index (κ2) is 10.7. The first-order valence-corrected chi connectivity index (χ1v) is 13.7. The van der Waals surface area contributed by atoms with Crippen LogP contribution in [0.4, 0.5) is 15.3 Å². The number of hydrogen-bond acceptors (Lipinski definition) is 5. The highest BCUT2D eigenvalue weighted by Crippen LogP contribution is 2.43. The van der Waals surface area contributed by atoms with Gasteiger partial charge in [-0.2, -0.15) is 0 Å². The molecule has 0 aliphatic carbocycles. The molecule has 3 amide bonds. The van der Waals surface area contributed by atoms with Crippen molar-refractivity contribution in [2.24, 2.45) is 0 Å². The summed E-state index contributed by atoms with van der Waals surface area (Å²) in [5.41, 5.74) is 3.01. The molecular weight excluding hydrogens is 506 g/mol. The lowest BCUT2D eigenvalue weighted by molar-refractivity contribution is -0.0272. The highest BCUT2D eigenvalue weighted by molar-refractivity contribution is 6.33. The summed E-state index contributed by atoms with van der Waals surface area (Å²) in [6, 6.07) is 11.7. The number of fused-ring (bicyclic) bond motifs is 1. The number of hydrogen-bond donors (Lipinski definition) is 1. The van der Waals surface area contributed by atoms with Crippen LogP contribution in [0.15, 0.2) is 36.4 Å². The summed E-state index contributed by atoms with van der Waals surface area (Å²) in [5.74, 6) is 0.824. The van der Waals surface area contributed by atoms with Gasteiger partial charge in [0.05, 0.1) is 18.2 Å². The molecule has 204 valence electrons. The summed E-state index contributed by atoms with van der Waals surface area (Å²) >= 11 is 6.74. The fourth-order valence-electron chi connectivity index (χ4n) is 5.24. The summed E-state index contributed by atoms with van der Waals surface area (Å²) < 4.78 is 17.4. The first kappa shape index (κ1) is 26.6. The van der Waals surface area contributed by atoms with Crippen molar-refractivity contribution in [1.29, 1.82) is 0 Å². The highest BCUT2D eigenvalue weighted by Gasteiger charge is 2.41. The van der Waals surface area contributed by atoms with E-state index in [9.17, 15) is 9.59 Å². The Morgan fingerprint density at radius 2 is 1.66 bits per heavy atom.